The third-order valence-electron chi connectivity index (χ3n) is 4.55. The van der Waals surface area contributed by atoms with Gasteiger partial charge in [-0.05, 0) is 42.7 Å². The molecule has 0 bridgehead atoms. The van der Waals surface area contributed by atoms with Crippen LogP contribution in [0.2, 0.25) is 0 Å². The number of nitrogens with zero attached hydrogens (tertiary/aromatic N) is 1. The molecule has 1 heterocycles. The van der Waals surface area contributed by atoms with Crippen LogP contribution in [0.25, 0.3) is 0 Å². The molecule has 1 aliphatic carbocycles. The molecule has 1 aromatic carbocycles. The molecule has 25 heavy (non-hydrogen) atoms. The highest BCUT2D eigenvalue weighted by Gasteiger charge is 2.30. The Morgan fingerprint density at radius 2 is 1.96 bits per heavy atom. The van der Waals surface area contributed by atoms with Crippen LogP contribution >= 0.6 is 0 Å². The van der Waals surface area contributed by atoms with Gasteiger partial charge in [-0.1, -0.05) is 18.6 Å². The third-order valence-corrected chi connectivity index (χ3v) is 4.55. The van der Waals surface area contributed by atoms with E-state index in [0.717, 1.165) is 24.8 Å². The summed E-state index contributed by atoms with van der Waals surface area (Å²) in [6.45, 7) is 0. The van der Waals surface area contributed by atoms with Gasteiger partial charge in [-0.25, -0.2) is 14.2 Å². The van der Waals surface area contributed by atoms with E-state index in [-0.39, 0.29) is 29.4 Å². The summed E-state index contributed by atoms with van der Waals surface area (Å²) in [6, 6.07) is 9.38. The normalized spacial score (nSPS) is 19.4. The van der Waals surface area contributed by atoms with Gasteiger partial charge in [0.2, 0.25) is 0 Å². The van der Waals surface area contributed by atoms with Crippen molar-refractivity contribution in [3.05, 3.63) is 65.2 Å². The first-order chi connectivity index (χ1) is 12.1. The predicted octanol–water partition coefficient (Wildman–Crippen LogP) is 3.07. The molecule has 1 saturated carbocycles. The number of benzene rings is 1. The number of esters is 1. The third kappa shape index (κ3) is 3.84. The Kier molecular flexibility index (Phi) is 5.07. The van der Waals surface area contributed by atoms with Gasteiger partial charge in [0.05, 0.1) is 7.11 Å². The Labute approximate surface area is 145 Å². The minimum absolute atomic E-state index is 0.0206. The quantitative estimate of drug-likeness (QED) is 0.867. The summed E-state index contributed by atoms with van der Waals surface area (Å²) >= 11 is 0. The molecule has 6 heteroatoms. The van der Waals surface area contributed by atoms with Gasteiger partial charge in [-0.2, -0.15) is 0 Å². The highest BCUT2D eigenvalue weighted by atomic mass is 19.1. The van der Waals surface area contributed by atoms with Crippen molar-refractivity contribution < 1.29 is 18.7 Å². The maximum Gasteiger partial charge on any atom is 0.356 e. The monoisotopic (exact) mass is 342 g/mol. The predicted molar refractivity (Wildman–Crippen MR) is 89.8 cm³/mol. The number of carbonyl (C=O) groups excluding carboxylic acids is 2. The topological polar surface area (TPSA) is 68.3 Å². The Morgan fingerprint density at radius 3 is 2.68 bits per heavy atom. The highest BCUT2D eigenvalue weighted by molar-refractivity contribution is 5.97. The molecule has 0 unspecified atom stereocenters. The van der Waals surface area contributed by atoms with Gasteiger partial charge < -0.3 is 10.1 Å². The molecule has 1 aliphatic rings. The van der Waals surface area contributed by atoms with Gasteiger partial charge in [0.15, 0.2) is 0 Å². The van der Waals surface area contributed by atoms with Crippen molar-refractivity contribution in [2.75, 3.05) is 7.11 Å². The van der Waals surface area contributed by atoms with E-state index in [4.69, 9.17) is 0 Å². The number of pyridine rings is 1. The molecule has 5 nitrogen and oxygen atoms in total. The Hall–Kier alpha value is -2.76. The van der Waals surface area contributed by atoms with Crippen molar-refractivity contribution in [2.24, 2.45) is 0 Å². The maximum atomic E-state index is 13.1. The summed E-state index contributed by atoms with van der Waals surface area (Å²) in [4.78, 5) is 28.0. The van der Waals surface area contributed by atoms with E-state index in [1.54, 1.807) is 18.2 Å². The minimum atomic E-state index is -0.584. The molecule has 2 aromatic rings. The highest BCUT2D eigenvalue weighted by Crippen LogP contribution is 2.34. The second kappa shape index (κ2) is 7.42. The number of amides is 1. The minimum Gasteiger partial charge on any atom is -0.464 e. The lowest BCUT2D eigenvalue weighted by atomic mass is 9.94. The summed E-state index contributed by atoms with van der Waals surface area (Å²) in [5, 5.41) is 3.03. The standard InChI is InChI=1S/C19H19FN2O3/c1-25-19(24)17-11-13(9-10-21-17)18(23)22-16-4-2-3-15(16)12-5-7-14(20)8-6-12/h5-11,15-16H,2-4H2,1H3,(H,22,23)/t15-,16+/m1/s1. The van der Waals surface area contributed by atoms with E-state index in [2.05, 4.69) is 15.0 Å². The Morgan fingerprint density at radius 1 is 1.20 bits per heavy atom. The van der Waals surface area contributed by atoms with E-state index >= 15 is 0 Å². The molecule has 0 saturated heterocycles. The second-order valence-electron chi connectivity index (χ2n) is 6.09. The fourth-order valence-corrected chi connectivity index (χ4v) is 3.28. The number of aromatic nitrogens is 1. The molecule has 0 aliphatic heterocycles. The van der Waals surface area contributed by atoms with Crippen LogP contribution in [-0.2, 0) is 4.74 Å². The molecular weight excluding hydrogens is 323 g/mol. The van der Waals surface area contributed by atoms with Crippen LogP contribution in [0.3, 0.4) is 0 Å². The van der Waals surface area contributed by atoms with Crippen LogP contribution < -0.4 is 5.32 Å². The molecule has 3 rings (SSSR count). The first kappa shape index (κ1) is 17.1. The molecule has 1 N–H and O–H groups in total. The van der Waals surface area contributed by atoms with Gasteiger partial charge >= 0.3 is 5.97 Å². The van der Waals surface area contributed by atoms with Crippen LogP contribution in [0.5, 0.6) is 0 Å². The first-order valence-electron chi connectivity index (χ1n) is 8.19. The Balaban J connectivity index is 1.73. The van der Waals surface area contributed by atoms with Gasteiger partial charge in [0, 0.05) is 23.7 Å². The van der Waals surface area contributed by atoms with E-state index in [1.165, 1.54) is 31.5 Å². The van der Waals surface area contributed by atoms with Crippen molar-refractivity contribution in [3.63, 3.8) is 0 Å². The lowest BCUT2D eigenvalue weighted by Crippen LogP contribution is -2.36. The number of ether oxygens (including phenoxy) is 1. The average Bonchev–Trinajstić information content (AvgIpc) is 3.09. The number of carbonyl (C=O) groups is 2. The smallest absolute Gasteiger partial charge is 0.356 e. The lowest BCUT2D eigenvalue weighted by Gasteiger charge is -2.21. The van der Waals surface area contributed by atoms with Crippen LogP contribution in [0.15, 0.2) is 42.6 Å². The fourth-order valence-electron chi connectivity index (χ4n) is 3.28. The number of rotatable bonds is 4. The fraction of sp³-hybridized carbons (Fsp3) is 0.316. The molecule has 0 spiro atoms. The maximum absolute atomic E-state index is 13.1. The van der Waals surface area contributed by atoms with Crippen molar-refractivity contribution in [1.82, 2.24) is 10.3 Å². The van der Waals surface area contributed by atoms with Crippen molar-refractivity contribution >= 4 is 11.9 Å². The van der Waals surface area contributed by atoms with Gasteiger partial charge in [-0.3, -0.25) is 4.79 Å². The zero-order chi connectivity index (χ0) is 17.8. The zero-order valence-electron chi connectivity index (χ0n) is 13.9. The van der Waals surface area contributed by atoms with Crippen LogP contribution in [0.1, 0.15) is 51.6 Å². The van der Waals surface area contributed by atoms with Crippen LogP contribution in [0.4, 0.5) is 4.39 Å². The summed E-state index contributed by atoms with van der Waals surface area (Å²) in [5.74, 6) is -0.952. The van der Waals surface area contributed by atoms with Gasteiger partial charge in [0.1, 0.15) is 11.5 Å². The molecule has 2 atom stereocenters. The molecule has 1 aromatic heterocycles. The van der Waals surface area contributed by atoms with Crippen LogP contribution in [-0.4, -0.2) is 30.0 Å². The van der Waals surface area contributed by atoms with E-state index in [0.29, 0.717) is 5.56 Å². The molecule has 1 fully saturated rings. The summed E-state index contributed by atoms with van der Waals surface area (Å²) in [7, 11) is 1.27. The number of halogens is 1. The molecule has 130 valence electrons. The number of hydrogen-bond acceptors (Lipinski definition) is 4. The Bertz CT molecular complexity index is 776. The van der Waals surface area contributed by atoms with E-state index in [1.807, 2.05) is 0 Å². The summed E-state index contributed by atoms with van der Waals surface area (Å²) in [5.41, 5.74) is 1.48. The number of nitrogens with one attached hydrogen (secondary N) is 1. The molecule has 1 amide bonds. The first-order valence-corrected chi connectivity index (χ1v) is 8.19. The summed E-state index contributed by atoms with van der Waals surface area (Å²) < 4.78 is 17.7. The average molecular weight is 342 g/mol. The SMILES string of the molecule is COC(=O)c1cc(C(=O)N[C@H]2CCC[C@@H]2c2ccc(F)cc2)ccn1. The van der Waals surface area contributed by atoms with Gasteiger partial charge in [0.25, 0.3) is 5.91 Å². The number of hydrogen-bond donors (Lipinski definition) is 1. The van der Waals surface area contributed by atoms with E-state index in [9.17, 15) is 14.0 Å². The van der Waals surface area contributed by atoms with E-state index < -0.39 is 5.97 Å². The lowest BCUT2D eigenvalue weighted by molar-refractivity contribution is 0.0594. The van der Waals surface area contributed by atoms with Gasteiger partial charge in [-0.15, -0.1) is 0 Å². The van der Waals surface area contributed by atoms with Crippen LogP contribution in [0, 0.1) is 5.82 Å². The van der Waals surface area contributed by atoms with Crippen molar-refractivity contribution in [1.29, 1.82) is 0 Å². The summed E-state index contributed by atoms with van der Waals surface area (Å²) in [6.07, 6.45) is 4.22. The molecular formula is C19H19FN2O3. The largest absolute Gasteiger partial charge is 0.464 e. The zero-order valence-corrected chi connectivity index (χ0v) is 13.9. The second-order valence-corrected chi connectivity index (χ2v) is 6.09. The molecule has 0 radical (unpaired) electrons. The van der Waals surface area contributed by atoms with Crippen molar-refractivity contribution in [3.8, 4) is 0 Å². The van der Waals surface area contributed by atoms with Crippen molar-refractivity contribution in [2.45, 2.75) is 31.2 Å². The number of methoxy groups -OCH3 is 1.